The molecule has 0 radical (unpaired) electrons. The van der Waals surface area contributed by atoms with Gasteiger partial charge in [-0.15, -0.1) is 13.2 Å². The summed E-state index contributed by atoms with van der Waals surface area (Å²) < 4.78 is 65.6. The summed E-state index contributed by atoms with van der Waals surface area (Å²) in [5.41, 5.74) is -0.0621. The lowest BCUT2D eigenvalue weighted by Crippen LogP contribution is -2.17. The van der Waals surface area contributed by atoms with Gasteiger partial charge in [-0.1, -0.05) is 6.07 Å². The molecule has 0 saturated carbocycles. The van der Waals surface area contributed by atoms with E-state index in [1.165, 1.54) is 12.1 Å². The molecule has 0 fully saturated rings. The molecule has 0 atom stereocenters. The van der Waals surface area contributed by atoms with E-state index in [9.17, 15) is 21.6 Å². The van der Waals surface area contributed by atoms with Gasteiger partial charge in [-0.3, -0.25) is 9.82 Å². The molecule has 1 aromatic heterocycles. The molecule has 0 spiro atoms. The number of ether oxygens (including phenoxy) is 1. The van der Waals surface area contributed by atoms with E-state index >= 15 is 0 Å². The summed E-state index contributed by atoms with van der Waals surface area (Å²) in [6.45, 7) is 0. The highest BCUT2D eigenvalue weighted by Crippen LogP contribution is 2.26. The first-order valence-corrected chi connectivity index (χ1v) is 6.62. The van der Waals surface area contributed by atoms with Gasteiger partial charge in [-0.05, 0) is 12.1 Å². The number of sulfonamides is 1. The second-order valence-electron chi connectivity index (χ2n) is 3.62. The second kappa shape index (κ2) is 5.04. The van der Waals surface area contributed by atoms with Crippen LogP contribution in [0, 0.1) is 0 Å². The molecule has 0 unspecified atom stereocenters. The van der Waals surface area contributed by atoms with Crippen molar-refractivity contribution in [2.75, 3.05) is 4.72 Å². The predicted molar refractivity (Wildman–Crippen MR) is 62.5 cm³/mol. The molecular formula is C10H8F3N3O3S. The zero-order valence-electron chi connectivity index (χ0n) is 9.68. The minimum absolute atomic E-state index is 0.0621. The van der Waals surface area contributed by atoms with E-state index in [-0.39, 0.29) is 10.6 Å². The Morgan fingerprint density at radius 1 is 1.30 bits per heavy atom. The molecule has 1 heterocycles. The van der Waals surface area contributed by atoms with Gasteiger partial charge < -0.3 is 4.74 Å². The van der Waals surface area contributed by atoms with Crippen LogP contribution >= 0.6 is 0 Å². The van der Waals surface area contributed by atoms with Gasteiger partial charge in [0, 0.05) is 12.3 Å². The number of rotatable bonds is 4. The predicted octanol–water partition coefficient (Wildman–Crippen LogP) is 2.11. The first-order chi connectivity index (χ1) is 9.26. The summed E-state index contributed by atoms with van der Waals surface area (Å²) in [7, 11) is -3.91. The molecule has 2 N–H and O–H groups in total. The maximum atomic E-state index is 12.1. The number of anilines is 1. The summed E-state index contributed by atoms with van der Waals surface area (Å²) >= 11 is 0. The molecule has 0 amide bonds. The van der Waals surface area contributed by atoms with Gasteiger partial charge >= 0.3 is 6.36 Å². The van der Waals surface area contributed by atoms with Gasteiger partial charge in [0.2, 0.25) is 0 Å². The van der Waals surface area contributed by atoms with Crippen molar-refractivity contribution in [3.63, 3.8) is 0 Å². The molecule has 108 valence electrons. The van der Waals surface area contributed by atoms with E-state index in [1.54, 1.807) is 0 Å². The van der Waals surface area contributed by atoms with Crippen molar-refractivity contribution in [3.8, 4) is 5.75 Å². The normalized spacial score (nSPS) is 12.2. The largest absolute Gasteiger partial charge is 0.573 e. The molecule has 0 aliphatic carbocycles. The number of nitrogens with zero attached hydrogens (tertiary/aromatic N) is 1. The standard InChI is InChI=1S/C10H8F3N3O3S/c11-10(12,13)19-8-3-1-2-7(4-8)16-20(17,18)9-5-14-15-6-9/h1-6,16H,(H,14,15). The summed E-state index contributed by atoms with van der Waals surface area (Å²) in [5.74, 6) is -0.523. The molecule has 0 aliphatic rings. The second-order valence-corrected chi connectivity index (χ2v) is 5.30. The molecule has 20 heavy (non-hydrogen) atoms. The van der Waals surface area contributed by atoms with Crippen LogP contribution < -0.4 is 9.46 Å². The van der Waals surface area contributed by atoms with E-state index in [4.69, 9.17) is 0 Å². The number of aromatic nitrogens is 2. The summed E-state index contributed by atoms with van der Waals surface area (Å²) in [5, 5.41) is 5.80. The highest BCUT2D eigenvalue weighted by Gasteiger charge is 2.31. The van der Waals surface area contributed by atoms with Crippen molar-refractivity contribution in [2.45, 2.75) is 11.3 Å². The van der Waals surface area contributed by atoms with Crippen molar-refractivity contribution in [1.82, 2.24) is 10.2 Å². The van der Waals surface area contributed by atoms with E-state index in [2.05, 4.69) is 19.7 Å². The van der Waals surface area contributed by atoms with Crippen LogP contribution in [0.1, 0.15) is 0 Å². The highest BCUT2D eigenvalue weighted by molar-refractivity contribution is 7.92. The Kier molecular flexibility index (Phi) is 3.57. The molecule has 6 nitrogen and oxygen atoms in total. The number of nitrogens with one attached hydrogen (secondary N) is 2. The van der Waals surface area contributed by atoms with Crippen LogP contribution in [0.15, 0.2) is 41.6 Å². The Labute approximate surface area is 111 Å². The van der Waals surface area contributed by atoms with Crippen LogP contribution in [-0.4, -0.2) is 25.0 Å². The van der Waals surface area contributed by atoms with E-state index in [0.717, 1.165) is 24.5 Å². The van der Waals surface area contributed by atoms with Gasteiger partial charge in [0.15, 0.2) is 0 Å². The lowest BCUT2D eigenvalue weighted by atomic mass is 10.3. The fourth-order valence-corrected chi connectivity index (χ4v) is 2.31. The minimum atomic E-state index is -4.85. The first kappa shape index (κ1) is 14.2. The van der Waals surface area contributed by atoms with E-state index in [0.29, 0.717) is 0 Å². The van der Waals surface area contributed by atoms with Crippen molar-refractivity contribution in [1.29, 1.82) is 0 Å². The van der Waals surface area contributed by atoms with E-state index < -0.39 is 22.1 Å². The minimum Gasteiger partial charge on any atom is -0.406 e. The van der Waals surface area contributed by atoms with Crippen LogP contribution in [-0.2, 0) is 10.0 Å². The van der Waals surface area contributed by atoms with Gasteiger partial charge in [0.05, 0.1) is 11.9 Å². The lowest BCUT2D eigenvalue weighted by molar-refractivity contribution is -0.274. The van der Waals surface area contributed by atoms with Crippen LogP contribution in [0.5, 0.6) is 5.75 Å². The number of alkyl halides is 3. The number of hydrogen-bond donors (Lipinski definition) is 2. The number of benzene rings is 1. The zero-order chi connectivity index (χ0) is 14.8. The maximum absolute atomic E-state index is 12.1. The summed E-state index contributed by atoms with van der Waals surface area (Å²) in [4.78, 5) is -0.139. The molecular weight excluding hydrogens is 299 g/mol. The number of hydrogen-bond acceptors (Lipinski definition) is 4. The fourth-order valence-electron chi connectivity index (χ4n) is 1.36. The van der Waals surface area contributed by atoms with Gasteiger partial charge in [0.25, 0.3) is 10.0 Å². The number of aromatic amines is 1. The van der Waals surface area contributed by atoms with Crippen molar-refractivity contribution < 1.29 is 26.3 Å². The molecule has 0 saturated heterocycles. The molecule has 2 aromatic rings. The summed E-state index contributed by atoms with van der Waals surface area (Å²) in [6, 6.07) is 4.50. The van der Waals surface area contributed by atoms with Crippen LogP contribution in [0.4, 0.5) is 18.9 Å². The molecule has 2 rings (SSSR count). The van der Waals surface area contributed by atoms with Crippen molar-refractivity contribution >= 4 is 15.7 Å². The quantitative estimate of drug-likeness (QED) is 0.906. The average Bonchev–Trinajstić information content (AvgIpc) is 2.80. The maximum Gasteiger partial charge on any atom is 0.573 e. The number of halogens is 3. The smallest absolute Gasteiger partial charge is 0.406 e. The monoisotopic (exact) mass is 307 g/mol. The third kappa shape index (κ3) is 3.63. The number of H-pyrrole nitrogens is 1. The van der Waals surface area contributed by atoms with E-state index in [1.807, 2.05) is 0 Å². The molecule has 10 heteroatoms. The Hall–Kier alpha value is -2.23. The Bertz CT molecular complexity index is 683. The van der Waals surface area contributed by atoms with Gasteiger partial charge in [0.1, 0.15) is 10.6 Å². The first-order valence-electron chi connectivity index (χ1n) is 5.14. The lowest BCUT2D eigenvalue weighted by Gasteiger charge is -2.11. The topological polar surface area (TPSA) is 84.1 Å². The third-order valence-corrected chi connectivity index (χ3v) is 3.45. The van der Waals surface area contributed by atoms with Gasteiger partial charge in [-0.25, -0.2) is 8.42 Å². The van der Waals surface area contributed by atoms with Gasteiger partial charge in [-0.2, -0.15) is 5.10 Å². The Morgan fingerprint density at radius 3 is 2.65 bits per heavy atom. The van der Waals surface area contributed by atoms with Crippen LogP contribution in [0.3, 0.4) is 0 Å². The summed E-state index contributed by atoms with van der Waals surface area (Å²) in [6.07, 6.45) is -2.64. The van der Waals surface area contributed by atoms with Crippen LogP contribution in [0.2, 0.25) is 0 Å². The SMILES string of the molecule is O=S(=O)(Nc1cccc(OC(F)(F)F)c1)c1cn[nH]c1. The molecule has 1 aromatic carbocycles. The molecule has 0 bridgehead atoms. The van der Waals surface area contributed by atoms with Crippen molar-refractivity contribution in [3.05, 3.63) is 36.7 Å². The highest BCUT2D eigenvalue weighted by atomic mass is 32.2. The Balaban J connectivity index is 2.21. The Morgan fingerprint density at radius 2 is 2.05 bits per heavy atom. The third-order valence-electron chi connectivity index (χ3n) is 2.10. The molecule has 0 aliphatic heterocycles. The zero-order valence-corrected chi connectivity index (χ0v) is 10.5. The van der Waals surface area contributed by atoms with Crippen LogP contribution in [0.25, 0.3) is 0 Å². The fraction of sp³-hybridized carbons (Fsp3) is 0.100. The van der Waals surface area contributed by atoms with Crippen molar-refractivity contribution in [2.24, 2.45) is 0 Å². The average molecular weight is 307 g/mol.